The van der Waals surface area contributed by atoms with Crippen molar-refractivity contribution in [3.05, 3.63) is 0 Å². The highest BCUT2D eigenvalue weighted by Gasteiger charge is 2.15. The van der Waals surface area contributed by atoms with Gasteiger partial charge in [0.1, 0.15) is 0 Å². The Kier molecular flexibility index (Phi) is 10.7. The third-order valence-corrected chi connectivity index (χ3v) is 3.73. The molecule has 0 spiro atoms. The zero-order valence-corrected chi connectivity index (χ0v) is 12.6. The van der Waals surface area contributed by atoms with Gasteiger partial charge in [-0.05, 0) is 30.9 Å². The van der Waals surface area contributed by atoms with Gasteiger partial charge in [0, 0.05) is 6.54 Å². The van der Waals surface area contributed by atoms with Crippen LogP contribution in [-0.4, -0.2) is 12.8 Å². The second kappa shape index (κ2) is 10.5. The summed E-state index contributed by atoms with van der Waals surface area (Å²) in [4.78, 5) is 0. The van der Waals surface area contributed by atoms with Crippen molar-refractivity contribution in [2.75, 3.05) is 12.8 Å². The average molecular weight is 245 g/mol. The molecule has 16 heavy (non-hydrogen) atoms. The molecule has 0 radical (unpaired) electrons. The standard InChI is InChI=1S/C14H31NS/c1-5-6-11-14(2,3)12-9-7-8-10-13-15-16-4/h15H,5-13H2,1-4H3. The Morgan fingerprint density at radius 1 is 0.938 bits per heavy atom. The summed E-state index contributed by atoms with van der Waals surface area (Å²) < 4.78 is 3.30. The Labute approximate surface area is 107 Å². The fraction of sp³-hybridized carbons (Fsp3) is 1.00. The van der Waals surface area contributed by atoms with Gasteiger partial charge in [-0.1, -0.05) is 64.8 Å². The van der Waals surface area contributed by atoms with Crippen molar-refractivity contribution in [3.8, 4) is 0 Å². The van der Waals surface area contributed by atoms with Crippen LogP contribution in [0.5, 0.6) is 0 Å². The first-order chi connectivity index (χ1) is 7.62. The largest absolute Gasteiger partial charge is 0.264 e. The summed E-state index contributed by atoms with van der Waals surface area (Å²) >= 11 is 1.73. The molecule has 0 aliphatic carbocycles. The van der Waals surface area contributed by atoms with Gasteiger partial charge >= 0.3 is 0 Å². The molecule has 1 nitrogen and oxygen atoms in total. The first-order valence-electron chi connectivity index (χ1n) is 6.88. The molecule has 0 bridgehead atoms. The van der Waals surface area contributed by atoms with Crippen LogP contribution < -0.4 is 4.72 Å². The van der Waals surface area contributed by atoms with Crippen molar-refractivity contribution in [1.82, 2.24) is 4.72 Å². The molecule has 0 aromatic carbocycles. The molecule has 1 N–H and O–H groups in total. The third kappa shape index (κ3) is 10.8. The number of rotatable bonds is 11. The average Bonchev–Trinajstić information content (AvgIpc) is 2.25. The molecule has 0 atom stereocenters. The molecule has 98 valence electrons. The van der Waals surface area contributed by atoms with Crippen molar-refractivity contribution in [2.24, 2.45) is 5.41 Å². The van der Waals surface area contributed by atoms with E-state index in [4.69, 9.17) is 0 Å². The first kappa shape index (κ1) is 16.3. The number of nitrogens with one attached hydrogen (secondary N) is 1. The van der Waals surface area contributed by atoms with Crippen LogP contribution >= 0.6 is 11.9 Å². The van der Waals surface area contributed by atoms with Gasteiger partial charge in [0.2, 0.25) is 0 Å². The van der Waals surface area contributed by atoms with E-state index in [0.29, 0.717) is 5.41 Å². The van der Waals surface area contributed by atoms with Crippen molar-refractivity contribution in [2.45, 2.75) is 72.1 Å². The topological polar surface area (TPSA) is 12.0 Å². The van der Waals surface area contributed by atoms with Crippen LogP contribution in [0, 0.1) is 5.41 Å². The Hall–Kier alpha value is 0.310. The van der Waals surface area contributed by atoms with Crippen LogP contribution in [0.15, 0.2) is 0 Å². The summed E-state index contributed by atoms with van der Waals surface area (Å²) in [6.07, 6.45) is 13.2. The monoisotopic (exact) mass is 245 g/mol. The SMILES string of the molecule is CCCCC(C)(C)CCCCCCNSC. The predicted octanol–water partition coefficient (Wildman–Crippen LogP) is 5.02. The molecule has 0 aliphatic heterocycles. The van der Waals surface area contributed by atoms with E-state index >= 15 is 0 Å². The van der Waals surface area contributed by atoms with E-state index in [1.54, 1.807) is 11.9 Å². The van der Waals surface area contributed by atoms with Crippen LogP contribution in [0.2, 0.25) is 0 Å². The van der Waals surface area contributed by atoms with Gasteiger partial charge in [0.15, 0.2) is 0 Å². The van der Waals surface area contributed by atoms with Gasteiger partial charge in [0.25, 0.3) is 0 Å². The lowest BCUT2D eigenvalue weighted by Gasteiger charge is -2.24. The molecule has 0 unspecified atom stereocenters. The fourth-order valence-electron chi connectivity index (χ4n) is 2.04. The number of hydrogen-bond donors (Lipinski definition) is 1. The minimum absolute atomic E-state index is 0.577. The predicted molar refractivity (Wildman–Crippen MR) is 77.9 cm³/mol. The number of hydrogen-bond acceptors (Lipinski definition) is 2. The van der Waals surface area contributed by atoms with E-state index in [1.165, 1.54) is 57.9 Å². The Morgan fingerprint density at radius 3 is 2.19 bits per heavy atom. The minimum Gasteiger partial charge on any atom is -0.264 e. The molecule has 0 aromatic heterocycles. The highest BCUT2D eigenvalue weighted by molar-refractivity contribution is 7.96. The zero-order chi connectivity index (χ0) is 12.3. The van der Waals surface area contributed by atoms with E-state index in [9.17, 15) is 0 Å². The maximum atomic E-state index is 3.30. The van der Waals surface area contributed by atoms with Crippen molar-refractivity contribution < 1.29 is 0 Å². The van der Waals surface area contributed by atoms with Gasteiger partial charge in [-0.2, -0.15) is 0 Å². The quantitative estimate of drug-likeness (QED) is 0.405. The highest BCUT2D eigenvalue weighted by atomic mass is 32.2. The molecule has 0 fully saturated rings. The molecule has 0 heterocycles. The van der Waals surface area contributed by atoms with Crippen LogP contribution in [0.3, 0.4) is 0 Å². The smallest absolute Gasteiger partial charge is 0.00584 e. The lowest BCUT2D eigenvalue weighted by atomic mass is 9.82. The first-order valence-corrected chi connectivity index (χ1v) is 8.10. The minimum atomic E-state index is 0.577. The molecular formula is C14H31NS. The lowest BCUT2D eigenvalue weighted by molar-refractivity contribution is 0.285. The Balaban J connectivity index is 3.29. The fourth-order valence-corrected chi connectivity index (χ4v) is 2.39. The second-order valence-electron chi connectivity index (χ2n) is 5.53. The molecule has 0 rings (SSSR count). The van der Waals surface area contributed by atoms with Crippen LogP contribution in [0.4, 0.5) is 0 Å². The van der Waals surface area contributed by atoms with E-state index in [2.05, 4.69) is 31.7 Å². The summed E-state index contributed by atoms with van der Waals surface area (Å²) in [6.45, 7) is 8.31. The van der Waals surface area contributed by atoms with Crippen LogP contribution in [0.1, 0.15) is 72.1 Å². The lowest BCUT2D eigenvalue weighted by Crippen LogP contribution is -2.11. The molecule has 0 amide bonds. The second-order valence-corrected chi connectivity index (χ2v) is 6.23. The molecule has 2 heteroatoms. The third-order valence-electron chi connectivity index (χ3n) is 3.23. The van der Waals surface area contributed by atoms with Gasteiger partial charge in [0.05, 0.1) is 0 Å². The normalized spacial score (nSPS) is 12.0. The van der Waals surface area contributed by atoms with E-state index in [0.717, 1.165) is 0 Å². The van der Waals surface area contributed by atoms with E-state index in [-0.39, 0.29) is 0 Å². The van der Waals surface area contributed by atoms with Crippen molar-refractivity contribution >= 4 is 11.9 Å². The molecular weight excluding hydrogens is 214 g/mol. The van der Waals surface area contributed by atoms with E-state index in [1.807, 2.05) is 0 Å². The summed E-state index contributed by atoms with van der Waals surface area (Å²) in [5.74, 6) is 0. The van der Waals surface area contributed by atoms with Gasteiger partial charge in [-0.25, -0.2) is 0 Å². The van der Waals surface area contributed by atoms with Crippen LogP contribution in [0.25, 0.3) is 0 Å². The molecule has 0 saturated heterocycles. The van der Waals surface area contributed by atoms with Gasteiger partial charge < -0.3 is 0 Å². The molecule has 0 aliphatic rings. The summed E-state index contributed by atoms with van der Waals surface area (Å²) in [5.41, 5.74) is 0.577. The Morgan fingerprint density at radius 2 is 1.56 bits per heavy atom. The summed E-state index contributed by atoms with van der Waals surface area (Å²) in [7, 11) is 0. The molecule has 0 aromatic rings. The maximum absolute atomic E-state index is 3.30. The van der Waals surface area contributed by atoms with Crippen molar-refractivity contribution in [3.63, 3.8) is 0 Å². The summed E-state index contributed by atoms with van der Waals surface area (Å²) in [5, 5.41) is 0. The Bertz CT molecular complexity index is 146. The van der Waals surface area contributed by atoms with Crippen LogP contribution in [-0.2, 0) is 0 Å². The summed E-state index contributed by atoms with van der Waals surface area (Å²) in [6, 6.07) is 0. The highest BCUT2D eigenvalue weighted by Crippen LogP contribution is 2.29. The van der Waals surface area contributed by atoms with Gasteiger partial charge in [-0.15, -0.1) is 0 Å². The van der Waals surface area contributed by atoms with E-state index < -0.39 is 0 Å². The molecule has 0 saturated carbocycles. The van der Waals surface area contributed by atoms with Crippen molar-refractivity contribution in [1.29, 1.82) is 0 Å². The number of unbranched alkanes of at least 4 members (excludes halogenated alkanes) is 4. The zero-order valence-electron chi connectivity index (χ0n) is 11.8. The maximum Gasteiger partial charge on any atom is 0.00584 e. The van der Waals surface area contributed by atoms with Gasteiger partial charge in [-0.3, -0.25) is 4.72 Å².